The fourth-order valence-electron chi connectivity index (χ4n) is 3.12. The summed E-state index contributed by atoms with van der Waals surface area (Å²) in [4.78, 5) is 13.8. The van der Waals surface area contributed by atoms with E-state index in [9.17, 15) is 9.90 Å². The first kappa shape index (κ1) is 12.8. The smallest absolute Gasteiger partial charge is 0.323 e. The lowest BCUT2D eigenvalue weighted by Gasteiger charge is -2.38. The maximum absolute atomic E-state index is 11.6. The molecule has 0 amide bonds. The van der Waals surface area contributed by atoms with E-state index < -0.39 is 11.5 Å². The Bertz CT molecular complexity index is 285. The van der Waals surface area contributed by atoms with E-state index in [-0.39, 0.29) is 0 Å². The van der Waals surface area contributed by atoms with E-state index in [0.717, 1.165) is 45.2 Å². The lowest BCUT2D eigenvalue weighted by atomic mass is 9.76. The van der Waals surface area contributed by atoms with Gasteiger partial charge in [0.2, 0.25) is 0 Å². The number of carboxylic acid groups (broad SMARTS) is 1. The predicted molar refractivity (Wildman–Crippen MR) is 67.0 cm³/mol. The Kier molecular flexibility index (Phi) is 3.73. The molecular weight excluding hydrogens is 216 g/mol. The minimum atomic E-state index is -0.654. The highest BCUT2D eigenvalue weighted by Gasteiger charge is 2.43. The van der Waals surface area contributed by atoms with E-state index in [4.69, 9.17) is 0 Å². The molecule has 1 saturated heterocycles. The number of carboxylic acids is 1. The monoisotopic (exact) mass is 240 g/mol. The van der Waals surface area contributed by atoms with Crippen molar-refractivity contribution < 1.29 is 9.90 Å². The Morgan fingerprint density at radius 2 is 2.00 bits per heavy atom. The summed E-state index contributed by atoms with van der Waals surface area (Å²) in [5.74, 6) is 0.0227. The fraction of sp³-hybridized carbons (Fsp3) is 0.923. The first-order chi connectivity index (χ1) is 8.02. The summed E-state index contributed by atoms with van der Waals surface area (Å²) < 4.78 is 0. The molecule has 1 heterocycles. The maximum Gasteiger partial charge on any atom is 0.323 e. The minimum absolute atomic E-state index is 0.351. The van der Waals surface area contributed by atoms with Crippen molar-refractivity contribution in [2.45, 2.75) is 50.6 Å². The molecular formula is C13H24N2O2. The molecule has 0 spiro atoms. The zero-order valence-electron chi connectivity index (χ0n) is 10.9. The quantitative estimate of drug-likeness (QED) is 0.781. The number of carbonyl (C=O) groups is 1. The van der Waals surface area contributed by atoms with Gasteiger partial charge in [-0.2, -0.15) is 0 Å². The molecule has 0 radical (unpaired) electrons. The van der Waals surface area contributed by atoms with Crippen LogP contribution in [0, 0.1) is 5.92 Å². The van der Waals surface area contributed by atoms with Crippen LogP contribution in [-0.4, -0.2) is 47.7 Å². The normalized spacial score (nSPS) is 39.4. The van der Waals surface area contributed by atoms with Crippen LogP contribution in [0.25, 0.3) is 0 Å². The van der Waals surface area contributed by atoms with E-state index in [1.807, 2.05) is 0 Å². The number of likely N-dealkylation sites (N-methyl/N-ethyl adjacent to an activating group) is 1. The molecule has 1 aliphatic carbocycles. The average Bonchev–Trinajstić information content (AvgIpc) is 2.67. The Hall–Kier alpha value is -0.610. The first-order valence-corrected chi connectivity index (χ1v) is 6.71. The predicted octanol–water partition coefficient (Wildman–Crippen LogP) is 1.31. The summed E-state index contributed by atoms with van der Waals surface area (Å²) in [5.41, 5.74) is -0.650. The number of aliphatic carboxylic acids is 1. The first-order valence-electron chi connectivity index (χ1n) is 6.71. The van der Waals surface area contributed by atoms with Crippen LogP contribution in [0.1, 0.15) is 39.0 Å². The standard InChI is InChI=1S/C13H24N2O2/c1-10-3-6-13(7-4-10,12(16)17)14-11-5-8-15(2)9-11/h10-11,14H,3-9H2,1-2H3,(H,16,17). The lowest BCUT2D eigenvalue weighted by molar-refractivity contribution is -0.147. The van der Waals surface area contributed by atoms with Crippen molar-refractivity contribution in [2.24, 2.45) is 5.92 Å². The van der Waals surface area contributed by atoms with Crippen molar-refractivity contribution in [3.05, 3.63) is 0 Å². The molecule has 0 aromatic heterocycles. The third-order valence-corrected chi connectivity index (χ3v) is 4.41. The zero-order chi connectivity index (χ0) is 12.5. The molecule has 98 valence electrons. The fourth-order valence-corrected chi connectivity index (χ4v) is 3.12. The molecule has 1 atom stereocenters. The Balaban J connectivity index is 1.99. The molecule has 1 aliphatic heterocycles. The van der Waals surface area contributed by atoms with Crippen LogP contribution in [0.5, 0.6) is 0 Å². The summed E-state index contributed by atoms with van der Waals surface area (Å²) in [6.45, 7) is 4.27. The van der Waals surface area contributed by atoms with Crippen molar-refractivity contribution in [2.75, 3.05) is 20.1 Å². The Morgan fingerprint density at radius 1 is 1.35 bits per heavy atom. The maximum atomic E-state index is 11.6. The minimum Gasteiger partial charge on any atom is -0.480 e. The highest BCUT2D eigenvalue weighted by molar-refractivity contribution is 5.79. The van der Waals surface area contributed by atoms with E-state index in [0.29, 0.717) is 12.0 Å². The van der Waals surface area contributed by atoms with Crippen molar-refractivity contribution in [1.82, 2.24) is 10.2 Å². The van der Waals surface area contributed by atoms with Crippen LogP contribution in [0.3, 0.4) is 0 Å². The Labute approximate surface area is 103 Å². The summed E-state index contributed by atoms with van der Waals surface area (Å²) in [7, 11) is 2.10. The van der Waals surface area contributed by atoms with Gasteiger partial charge in [-0.25, -0.2) is 0 Å². The van der Waals surface area contributed by atoms with Crippen LogP contribution in [-0.2, 0) is 4.79 Å². The van der Waals surface area contributed by atoms with Crippen molar-refractivity contribution in [1.29, 1.82) is 0 Å². The van der Waals surface area contributed by atoms with Crippen LogP contribution < -0.4 is 5.32 Å². The second kappa shape index (κ2) is 4.94. The van der Waals surface area contributed by atoms with Gasteiger partial charge in [0.15, 0.2) is 0 Å². The van der Waals surface area contributed by atoms with E-state index in [1.165, 1.54) is 0 Å². The number of likely N-dealkylation sites (tertiary alicyclic amines) is 1. The number of nitrogens with zero attached hydrogens (tertiary/aromatic N) is 1. The van der Waals surface area contributed by atoms with Crippen LogP contribution in [0.15, 0.2) is 0 Å². The van der Waals surface area contributed by atoms with Gasteiger partial charge < -0.3 is 10.0 Å². The van der Waals surface area contributed by atoms with E-state index in [2.05, 4.69) is 24.2 Å². The topological polar surface area (TPSA) is 52.6 Å². The largest absolute Gasteiger partial charge is 0.480 e. The molecule has 2 rings (SSSR count). The van der Waals surface area contributed by atoms with Gasteiger partial charge in [-0.3, -0.25) is 10.1 Å². The molecule has 2 fully saturated rings. The molecule has 0 aromatic carbocycles. The van der Waals surface area contributed by atoms with Gasteiger partial charge in [-0.15, -0.1) is 0 Å². The lowest BCUT2D eigenvalue weighted by Crippen LogP contribution is -2.58. The number of nitrogens with one attached hydrogen (secondary N) is 1. The van der Waals surface area contributed by atoms with Crippen LogP contribution in [0.2, 0.25) is 0 Å². The molecule has 1 saturated carbocycles. The Morgan fingerprint density at radius 3 is 2.47 bits per heavy atom. The van der Waals surface area contributed by atoms with Crippen LogP contribution in [0.4, 0.5) is 0 Å². The second-order valence-electron chi connectivity index (χ2n) is 5.96. The molecule has 0 bridgehead atoms. The molecule has 1 unspecified atom stereocenters. The summed E-state index contributed by atoms with van der Waals surface area (Å²) >= 11 is 0. The molecule has 2 N–H and O–H groups in total. The summed E-state index contributed by atoms with van der Waals surface area (Å²) in [6.07, 6.45) is 4.69. The van der Waals surface area contributed by atoms with Gasteiger partial charge in [0.05, 0.1) is 0 Å². The third-order valence-electron chi connectivity index (χ3n) is 4.41. The summed E-state index contributed by atoms with van der Waals surface area (Å²) in [5, 5.41) is 13.0. The molecule has 4 heteroatoms. The van der Waals surface area contributed by atoms with Gasteiger partial charge in [0.25, 0.3) is 0 Å². The number of rotatable bonds is 3. The third kappa shape index (κ3) is 2.80. The van der Waals surface area contributed by atoms with Crippen molar-refractivity contribution >= 4 is 5.97 Å². The zero-order valence-corrected chi connectivity index (χ0v) is 10.9. The van der Waals surface area contributed by atoms with Gasteiger partial charge in [0.1, 0.15) is 5.54 Å². The molecule has 0 aromatic rings. The second-order valence-corrected chi connectivity index (χ2v) is 5.96. The van der Waals surface area contributed by atoms with E-state index in [1.54, 1.807) is 0 Å². The number of hydrogen-bond acceptors (Lipinski definition) is 3. The van der Waals surface area contributed by atoms with Gasteiger partial charge in [-0.1, -0.05) is 6.92 Å². The van der Waals surface area contributed by atoms with Crippen molar-refractivity contribution in [3.63, 3.8) is 0 Å². The summed E-state index contributed by atoms with van der Waals surface area (Å²) in [6, 6.07) is 0.351. The molecule has 17 heavy (non-hydrogen) atoms. The van der Waals surface area contributed by atoms with Gasteiger partial charge in [0, 0.05) is 12.6 Å². The molecule has 2 aliphatic rings. The average molecular weight is 240 g/mol. The highest BCUT2D eigenvalue weighted by Crippen LogP contribution is 2.33. The van der Waals surface area contributed by atoms with Gasteiger partial charge >= 0.3 is 5.97 Å². The SMILES string of the molecule is CC1CCC(NC2CCN(C)C2)(C(=O)O)CC1. The number of hydrogen-bond donors (Lipinski definition) is 2. The van der Waals surface area contributed by atoms with Crippen molar-refractivity contribution in [3.8, 4) is 0 Å². The van der Waals surface area contributed by atoms with Crippen LogP contribution >= 0.6 is 0 Å². The van der Waals surface area contributed by atoms with E-state index >= 15 is 0 Å². The van der Waals surface area contributed by atoms with Gasteiger partial charge in [-0.05, 0) is 51.6 Å². The molecule has 4 nitrogen and oxygen atoms in total. The highest BCUT2D eigenvalue weighted by atomic mass is 16.4.